The van der Waals surface area contributed by atoms with Gasteiger partial charge < -0.3 is 10.6 Å². The van der Waals surface area contributed by atoms with Crippen molar-refractivity contribution in [2.45, 2.75) is 13.8 Å². The first-order valence-electron chi connectivity index (χ1n) is 7.55. The Bertz CT molecular complexity index is 797. The SMILES string of the molecule is Cc1ccc(NC(=O)CSCC(=O)Nc2ccc(Cl)cc2Cl)cc1C. The van der Waals surface area contributed by atoms with Crippen LogP contribution in [0.25, 0.3) is 0 Å². The molecule has 0 radical (unpaired) electrons. The molecule has 2 aromatic carbocycles. The summed E-state index contributed by atoms with van der Waals surface area (Å²) in [5.41, 5.74) is 3.54. The normalized spacial score (nSPS) is 10.4. The maximum atomic E-state index is 11.9. The van der Waals surface area contributed by atoms with Crippen LogP contribution in [0.15, 0.2) is 36.4 Å². The standard InChI is InChI=1S/C18H18Cl2N2O2S/c1-11-3-5-14(7-12(11)2)21-17(23)9-25-10-18(24)22-16-6-4-13(19)8-15(16)20/h3-8H,9-10H2,1-2H3,(H,21,23)(H,22,24). The number of thioether (sulfide) groups is 1. The van der Waals surface area contributed by atoms with E-state index >= 15 is 0 Å². The molecule has 2 aromatic rings. The van der Waals surface area contributed by atoms with Crippen LogP contribution in [0.3, 0.4) is 0 Å². The predicted octanol–water partition coefficient (Wildman–Crippen LogP) is 4.92. The minimum atomic E-state index is -0.229. The Kier molecular flexibility index (Phi) is 7.17. The van der Waals surface area contributed by atoms with Gasteiger partial charge in [-0.25, -0.2) is 0 Å². The first kappa shape index (κ1) is 19.6. The molecule has 2 amide bonds. The van der Waals surface area contributed by atoms with Crippen LogP contribution >= 0.6 is 35.0 Å². The van der Waals surface area contributed by atoms with E-state index in [-0.39, 0.29) is 23.3 Å². The van der Waals surface area contributed by atoms with Crippen molar-refractivity contribution in [2.24, 2.45) is 0 Å². The molecule has 2 N–H and O–H groups in total. The average Bonchev–Trinajstić information content (AvgIpc) is 2.54. The molecule has 0 heterocycles. The monoisotopic (exact) mass is 396 g/mol. The Morgan fingerprint density at radius 1 is 0.920 bits per heavy atom. The quantitative estimate of drug-likeness (QED) is 0.728. The van der Waals surface area contributed by atoms with Crippen molar-refractivity contribution in [3.05, 3.63) is 57.6 Å². The van der Waals surface area contributed by atoms with E-state index in [0.29, 0.717) is 15.7 Å². The molecule has 0 saturated heterocycles. The maximum absolute atomic E-state index is 11.9. The second-order valence-electron chi connectivity index (χ2n) is 5.51. The largest absolute Gasteiger partial charge is 0.325 e. The van der Waals surface area contributed by atoms with Crippen LogP contribution in [-0.2, 0) is 9.59 Å². The van der Waals surface area contributed by atoms with Gasteiger partial charge in [0.25, 0.3) is 0 Å². The third-order valence-electron chi connectivity index (χ3n) is 3.46. The van der Waals surface area contributed by atoms with Crippen LogP contribution in [-0.4, -0.2) is 23.3 Å². The summed E-state index contributed by atoms with van der Waals surface area (Å²) in [5.74, 6) is -0.0349. The molecule has 132 valence electrons. The van der Waals surface area contributed by atoms with E-state index in [1.54, 1.807) is 18.2 Å². The Morgan fingerprint density at radius 2 is 1.60 bits per heavy atom. The minimum absolute atomic E-state index is 0.148. The van der Waals surface area contributed by atoms with Crippen LogP contribution in [0.1, 0.15) is 11.1 Å². The molecular weight excluding hydrogens is 379 g/mol. The molecule has 7 heteroatoms. The van der Waals surface area contributed by atoms with Crippen molar-refractivity contribution in [3.8, 4) is 0 Å². The first-order valence-corrected chi connectivity index (χ1v) is 9.46. The van der Waals surface area contributed by atoms with Gasteiger partial charge >= 0.3 is 0 Å². The lowest BCUT2D eigenvalue weighted by atomic mass is 10.1. The van der Waals surface area contributed by atoms with Gasteiger partial charge in [-0.1, -0.05) is 29.3 Å². The number of nitrogens with one attached hydrogen (secondary N) is 2. The van der Waals surface area contributed by atoms with Crippen molar-refractivity contribution < 1.29 is 9.59 Å². The summed E-state index contributed by atoms with van der Waals surface area (Å²) in [6, 6.07) is 10.6. The molecule has 4 nitrogen and oxygen atoms in total. The summed E-state index contributed by atoms with van der Waals surface area (Å²) in [6.07, 6.45) is 0. The zero-order chi connectivity index (χ0) is 18.4. The van der Waals surface area contributed by atoms with Crippen LogP contribution in [0.2, 0.25) is 10.0 Å². The topological polar surface area (TPSA) is 58.2 Å². The number of amides is 2. The molecule has 0 atom stereocenters. The maximum Gasteiger partial charge on any atom is 0.234 e. The van der Waals surface area contributed by atoms with Crippen molar-refractivity contribution in [1.82, 2.24) is 0 Å². The summed E-state index contributed by atoms with van der Waals surface area (Å²) in [7, 11) is 0. The fraction of sp³-hybridized carbons (Fsp3) is 0.222. The molecule has 2 rings (SSSR count). The van der Waals surface area contributed by atoms with Gasteiger partial charge in [-0.3, -0.25) is 9.59 Å². The second kappa shape index (κ2) is 9.13. The molecule has 0 fully saturated rings. The summed E-state index contributed by atoms with van der Waals surface area (Å²) in [5, 5.41) is 6.39. The summed E-state index contributed by atoms with van der Waals surface area (Å²) in [6.45, 7) is 4.01. The third-order valence-corrected chi connectivity index (χ3v) is 4.94. The molecule has 0 aliphatic carbocycles. The number of aryl methyl sites for hydroxylation is 2. The van der Waals surface area contributed by atoms with Gasteiger partial charge in [0.15, 0.2) is 0 Å². The molecule has 0 saturated carbocycles. The molecule has 0 bridgehead atoms. The van der Waals surface area contributed by atoms with Gasteiger partial charge in [0.05, 0.1) is 22.2 Å². The zero-order valence-electron chi connectivity index (χ0n) is 13.9. The van der Waals surface area contributed by atoms with Crippen LogP contribution in [0, 0.1) is 13.8 Å². The van der Waals surface area contributed by atoms with E-state index in [1.807, 2.05) is 32.0 Å². The lowest BCUT2D eigenvalue weighted by molar-refractivity contribution is -0.114. The fourth-order valence-corrected chi connectivity index (χ4v) is 3.10. The molecule has 0 spiro atoms. The summed E-state index contributed by atoms with van der Waals surface area (Å²) < 4.78 is 0. The van der Waals surface area contributed by atoms with E-state index in [9.17, 15) is 9.59 Å². The molecule has 0 aliphatic heterocycles. The fourth-order valence-electron chi connectivity index (χ4n) is 2.03. The van der Waals surface area contributed by atoms with E-state index in [2.05, 4.69) is 10.6 Å². The molecule has 0 aliphatic rings. The van der Waals surface area contributed by atoms with Crippen LogP contribution in [0.5, 0.6) is 0 Å². The van der Waals surface area contributed by atoms with E-state index < -0.39 is 0 Å². The lowest BCUT2D eigenvalue weighted by Gasteiger charge is -2.09. The molecule has 0 unspecified atom stereocenters. The number of rotatable bonds is 6. The number of halogens is 2. The number of carbonyl (C=O) groups excluding carboxylic acids is 2. The van der Waals surface area contributed by atoms with Crippen molar-refractivity contribution in [2.75, 3.05) is 22.1 Å². The van der Waals surface area contributed by atoms with Gasteiger partial charge in [-0.05, 0) is 55.3 Å². The number of hydrogen-bond acceptors (Lipinski definition) is 3. The Morgan fingerprint density at radius 3 is 2.24 bits per heavy atom. The minimum Gasteiger partial charge on any atom is -0.325 e. The Hall–Kier alpha value is -1.69. The smallest absolute Gasteiger partial charge is 0.234 e. The van der Waals surface area contributed by atoms with Gasteiger partial charge in [0.1, 0.15) is 0 Å². The van der Waals surface area contributed by atoms with Crippen molar-refractivity contribution in [1.29, 1.82) is 0 Å². The van der Waals surface area contributed by atoms with Crippen molar-refractivity contribution in [3.63, 3.8) is 0 Å². The number of carbonyl (C=O) groups is 2. The van der Waals surface area contributed by atoms with Gasteiger partial charge in [-0.15, -0.1) is 11.8 Å². The van der Waals surface area contributed by atoms with Gasteiger partial charge in [-0.2, -0.15) is 0 Å². The summed E-state index contributed by atoms with van der Waals surface area (Å²) >= 11 is 13.0. The lowest BCUT2D eigenvalue weighted by Crippen LogP contribution is -2.18. The van der Waals surface area contributed by atoms with Gasteiger partial charge in [0, 0.05) is 10.7 Å². The number of anilines is 2. The second-order valence-corrected chi connectivity index (χ2v) is 7.34. The predicted molar refractivity (Wildman–Crippen MR) is 107 cm³/mol. The summed E-state index contributed by atoms with van der Waals surface area (Å²) in [4.78, 5) is 23.9. The van der Waals surface area contributed by atoms with E-state index in [0.717, 1.165) is 11.3 Å². The van der Waals surface area contributed by atoms with E-state index in [4.69, 9.17) is 23.2 Å². The van der Waals surface area contributed by atoms with Crippen LogP contribution in [0.4, 0.5) is 11.4 Å². The van der Waals surface area contributed by atoms with Gasteiger partial charge in [0.2, 0.25) is 11.8 Å². The highest BCUT2D eigenvalue weighted by Gasteiger charge is 2.09. The first-order chi connectivity index (χ1) is 11.8. The zero-order valence-corrected chi connectivity index (χ0v) is 16.2. The number of benzene rings is 2. The highest BCUT2D eigenvalue weighted by Crippen LogP contribution is 2.25. The highest BCUT2D eigenvalue weighted by molar-refractivity contribution is 8.00. The third kappa shape index (κ3) is 6.27. The van der Waals surface area contributed by atoms with E-state index in [1.165, 1.54) is 17.3 Å². The van der Waals surface area contributed by atoms with Crippen molar-refractivity contribution >= 4 is 58.2 Å². The average molecular weight is 397 g/mol. The Balaban J connectivity index is 1.76. The van der Waals surface area contributed by atoms with Crippen LogP contribution < -0.4 is 10.6 Å². The highest BCUT2D eigenvalue weighted by atomic mass is 35.5. The molecule has 0 aromatic heterocycles. The Labute approximate surface area is 161 Å². The molecule has 25 heavy (non-hydrogen) atoms. The number of hydrogen-bond donors (Lipinski definition) is 2. The molecular formula is C18H18Cl2N2O2S.